The van der Waals surface area contributed by atoms with Crippen molar-refractivity contribution >= 4 is 11.8 Å². The lowest BCUT2D eigenvalue weighted by Gasteiger charge is -2.24. The van der Waals surface area contributed by atoms with Gasteiger partial charge in [0.25, 0.3) is 11.8 Å². The normalized spacial score (nSPS) is 15.3. The second kappa shape index (κ2) is 11.9. The molecule has 1 fully saturated rings. The number of nitrogens with zero attached hydrogens (tertiary/aromatic N) is 2. The fraction of sp³-hybridized carbons (Fsp3) is 0.538. The molecule has 3 N–H and O–H groups in total. The molecule has 0 aliphatic heterocycles. The molecule has 0 radical (unpaired) electrons. The van der Waals surface area contributed by atoms with Crippen LogP contribution in [0.5, 0.6) is 0 Å². The van der Waals surface area contributed by atoms with E-state index in [1.165, 1.54) is 18.8 Å². The van der Waals surface area contributed by atoms with Gasteiger partial charge in [-0.3, -0.25) is 19.4 Å². The number of aryl methyl sites for hydroxylation is 2. The van der Waals surface area contributed by atoms with Gasteiger partial charge in [0, 0.05) is 43.3 Å². The molecule has 34 heavy (non-hydrogen) atoms. The van der Waals surface area contributed by atoms with Gasteiger partial charge >= 0.3 is 0 Å². The van der Waals surface area contributed by atoms with E-state index in [9.17, 15) is 19.5 Å². The number of aromatic nitrogens is 2. The first-order valence-corrected chi connectivity index (χ1v) is 12.2. The molecule has 184 valence electrons. The van der Waals surface area contributed by atoms with E-state index in [2.05, 4.69) is 15.6 Å². The molecule has 0 aromatic carbocycles. The summed E-state index contributed by atoms with van der Waals surface area (Å²) in [5, 5.41) is 15.2. The number of nitrogens with one attached hydrogen (secondary N) is 2. The maximum atomic E-state index is 13.2. The Kier molecular flexibility index (Phi) is 8.98. The average Bonchev–Trinajstić information content (AvgIpc) is 2.80. The van der Waals surface area contributed by atoms with Gasteiger partial charge in [-0.25, -0.2) is 0 Å². The van der Waals surface area contributed by atoms with E-state index in [1.54, 1.807) is 24.6 Å². The van der Waals surface area contributed by atoms with Crippen LogP contribution in [0.4, 0.5) is 0 Å². The number of pyridine rings is 2. The van der Waals surface area contributed by atoms with Crippen molar-refractivity contribution < 1.29 is 14.7 Å². The highest BCUT2D eigenvalue weighted by Gasteiger charge is 2.25. The Labute approximate surface area is 200 Å². The second-order valence-corrected chi connectivity index (χ2v) is 9.74. The van der Waals surface area contributed by atoms with Crippen molar-refractivity contribution in [1.82, 2.24) is 20.2 Å². The van der Waals surface area contributed by atoms with Crippen LogP contribution < -0.4 is 16.1 Å². The van der Waals surface area contributed by atoms with Gasteiger partial charge in [0.1, 0.15) is 11.1 Å². The second-order valence-electron chi connectivity index (χ2n) is 9.74. The summed E-state index contributed by atoms with van der Waals surface area (Å²) in [6, 6.07) is 5.67. The number of rotatable bonds is 8. The molecule has 1 aliphatic carbocycles. The van der Waals surface area contributed by atoms with Gasteiger partial charge in [0.2, 0.25) is 5.43 Å². The van der Waals surface area contributed by atoms with Crippen molar-refractivity contribution in [3.05, 3.63) is 63.8 Å². The molecule has 2 heterocycles. The van der Waals surface area contributed by atoms with Gasteiger partial charge in [-0.15, -0.1) is 0 Å². The van der Waals surface area contributed by atoms with Crippen LogP contribution in [0.15, 0.2) is 41.6 Å². The third-order valence-corrected chi connectivity index (χ3v) is 6.21. The Morgan fingerprint density at radius 3 is 2.32 bits per heavy atom. The molecule has 0 spiro atoms. The first-order valence-electron chi connectivity index (χ1n) is 12.2. The fourth-order valence-corrected chi connectivity index (χ4v) is 4.15. The van der Waals surface area contributed by atoms with Crippen LogP contribution in [0.2, 0.25) is 0 Å². The number of hydrogen-bond donors (Lipinski definition) is 3. The lowest BCUT2D eigenvalue weighted by Crippen LogP contribution is -2.48. The number of amides is 2. The van der Waals surface area contributed by atoms with Crippen LogP contribution in [0.3, 0.4) is 0 Å². The average molecular weight is 469 g/mol. The van der Waals surface area contributed by atoms with E-state index in [0.717, 1.165) is 44.2 Å². The number of carbonyl (C=O) groups is 2. The van der Waals surface area contributed by atoms with Crippen LogP contribution in [0.25, 0.3) is 0 Å². The summed E-state index contributed by atoms with van der Waals surface area (Å²) < 4.78 is 1.70. The van der Waals surface area contributed by atoms with E-state index in [1.807, 2.05) is 18.2 Å². The van der Waals surface area contributed by atoms with Gasteiger partial charge in [0.15, 0.2) is 0 Å². The van der Waals surface area contributed by atoms with E-state index >= 15 is 0 Å². The fourth-order valence-electron chi connectivity index (χ4n) is 4.15. The van der Waals surface area contributed by atoms with Crippen LogP contribution in [0, 0.1) is 0 Å². The minimum absolute atomic E-state index is 0.0278. The third-order valence-electron chi connectivity index (χ3n) is 6.21. The molecule has 2 aromatic rings. The van der Waals surface area contributed by atoms with Gasteiger partial charge < -0.3 is 20.3 Å². The molecular weight excluding hydrogens is 432 g/mol. The molecule has 1 saturated carbocycles. The Balaban J connectivity index is 1.88. The molecular formula is C26H36N4O4. The highest BCUT2D eigenvalue weighted by atomic mass is 16.3. The van der Waals surface area contributed by atoms with E-state index in [0.29, 0.717) is 13.0 Å². The van der Waals surface area contributed by atoms with Crippen molar-refractivity contribution in [3.63, 3.8) is 0 Å². The molecule has 0 unspecified atom stereocenters. The first kappa shape index (κ1) is 25.6. The maximum Gasteiger partial charge on any atom is 0.257 e. The van der Waals surface area contributed by atoms with Crippen LogP contribution in [-0.4, -0.2) is 44.7 Å². The van der Waals surface area contributed by atoms with Crippen molar-refractivity contribution in [1.29, 1.82) is 0 Å². The van der Waals surface area contributed by atoms with E-state index < -0.39 is 22.8 Å². The number of aliphatic hydroxyl groups is 1. The standard InChI is InChI=1S/C26H36N4O4/c1-26(2,18-31)29-25(34)22-17-30(15-13-19-10-8-9-14-27-19)16-21(23(22)32)24(33)28-20-11-6-4-3-5-7-12-20/h8-10,14,16-17,20,31H,3-7,11-13,15,18H2,1-2H3,(H,28,33)(H,29,34). The number of aliphatic hydroxyl groups excluding tert-OH is 1. The highest BCUT2D eigenvalue weighted by molar-refractivity contribution is 5.99. The summed E-state index contributed by atoms with van der Waals surface area (Å²) in [6.45, 7) is 3.49. The number of carbonyl (C=O) groups excluding carboxylic acids is 2. The van der Waals surface area contributed by atoms with Crippen molar-refractivity contribution in [2.45, 2.75) is 83.3 Å². The zero-order chi connectivity index (χ0) is 24.6. The Hall–Kier alpha value is -3.00. The predicted molar refractivity (Wildman–Crippen MR) is 131 cm³/mol. The maximum absolute atomic E-state index is 13.2. The minimum Gasteiger partial charge on any atom is -0.394 e. The lowest BCUT2D eigenvalue weighted by atomic mass is 9.96. The van der Waals surface area contributed by atoms with Crippen molar-refractivity contribution in [2.75, 3.05) is 6.61 Å². The molecule has 2 amide bonds. The van der Waals surface area contributed by atoms with Crippen LogP contribution >= 0.6 is 0 Å². The van der Waals surface area contributed by atoms with Gasteiger partial charge in [-0.05, 0) is 38.8 Å². The largest absolute Gasteiger partial charge is 0.394 e. The van der Waals surface area contributed by atoms with E-state index in [4.69, 9.17) is 0 Å². The molecule has 2 aromatic heterocycles. The number of hydrogen-bond acceptors (Lipinski definition) is 5. The Morgan fingerprint density at radius 2 is 1.71 bits per heavy atom. The van der Waals surface area contributed by atoms with Gasteiger partial charge in [0.05, 0.1) is 12.1 Å². The molecule has 1 aliphatic rings. The lowest BCUT2D eigenvalue weighted by molar-refractivity contribution is 0.0867. The van der Waals surface area contributed by atoms with E-state index in [-0.39, 0.29) is 23.8 Å². The summed E-state index contributed by atoms with van der Waals surface area (Å²) in [7, 11) is 0. The smallest absolute Gasteiger partial charge is 0.257 e. The highest BCUT2D eigenvalue weighted by Crippen LogP contribution is 2.17. The van der Waals surface area contributed by atoms with Crippen LogP contribution in [-0.2, 0) is 13.0 Å². The zero-order valence-electron chi connectivity index (χ0n) is 20.2. The first-order chi connectivity index (χ1) is 16.3. The Morgan fingerprint density at radius 1 is 1.06 bits per heavy atom. The topological polar surface area (TPSA) is 113 Å². The van der Waals surface area contributed by atoms with Crippen molar-refractivity contribution in [3.8, 4) is 0 Å². The SMILES string of the molecule is CC(C)(CO)NC(=O)c1cn(CCc2ccccn2)cc(C(=O)NC2CCCCCCC2)c1=O. The van der Waals surface area contributed by atoms with Gasteiger partial charge in [-0.2, -0.15) is 0 Å². The molecule has 3 rings (SSSR count). The molecule has 8 heteroatoms. The molecule has 0 saturated heterocycles. The monoisotopic (exact) mass is 468 g/mol. The third kappa shape index (κ3) is 7.25. The molecule has 0 atom stereocenters. The summed E-state index contributed by atoms with van der Waals surface area (Å²) in [5.74, 6) is -1.06. The van der Waals surface area contributed by atoms with Crippen LogP contribution in [0.1, 0.15) is 85.2 Å². The predicted octanol–water partition coefficient (Wildman–Crippen LogP) is 2.83. The summed E-state index contributed by atoms with van der Waals surface area (Å²) in [5.41, 5.74) is -0.803. The minimum atomic E-state index is -0.903. The zero-order valence-corrected chi connectivity index (χ0v) is 20.2. The van der Waals surface area contributed by atoms with Crippen molar-refractivity contribution in [2.24, 2.45) is 0 Å². The summed E-state index contributed by atoms with van der Waals surface area (Å²) in [4.78, 5) is 43.6. The Bertz CT molecular complexity index is 1020. The summed E-state index contributed by atoms with van der Waals surface area (Å²) >= 11 is 0. The molecule has 0 bridgehead atoms. The quantitative estimate of drug-likeness (QED) is 0.551. The molecule has 8 nitrogen and oxygen atoms in total. The summed E-state index contributed by atoms with van der Waals surface area (Å²) in [6.07, 6.45) is 12.7. The van der Waals surface area contributed by atoms with Gasteiger partial charge in [-0.1, -0.05) is 38.2 Å².